The largest absolute Gasteiger partial charge is 0.420 e. The summed E-state index contributed by atoms with van der Waals surface area (Å²) in [6.45, 7) is 3.57. The van der Waals surface area contributed by atoms with E-state index in [9.17, 15) is 5.11 Å². The minimum absolute atomic E-state index is 0.273. The van der Waals surface area contributed by atoms with Gasteiger partial charge in [0, 0.05) is 10.0 Å². The standard InChI is InChI=1S/C15H16BrClN2O3/c1-14(2,20)21-8-15(5-6-15)13-19-18-12(22-13)9-3-4-10(16)11(17)7-9/h3-4,7,20H,5-6,8H2,1-2H3. The van der Waals surface area contributed by atoms with E-state index in [1.54, 1.807) is 19.9 Å². The molecule has 0 saturated heterocycles. The van der Waals surface area contributed by atoms with Crippen molar-refractivity contribution >= 4 is 27.5 Å². The molecule has 1 aromatic carbocycles. The predicted octanol–water partition coefficient (Wildman–Crippen LogP) is 3.93. The molecule has 1 saturated carbocycles. The maximum Gasteiger partial charge on any atom is 0.247 e. The summed E-state index contributed by atoms with van der Waals surface area (Å²) in [5.41, 5.74) is 0.496. The van der Waals surface area contributed by atoms with Gasteiger partial charge in [0.15, 0.2) is 5.79 Å². The van der Waals surface area contributed by atoms with Crippen molar-refractivity contribution in [3.63, 3.8) is 0 Å². The molecule has 0 spiro atoms. The van der Waals surface area contributed by atoms with Crippen molar-refractivity contribution in [2.24, 2.45) is 0 Å². The summed E-state index contributed by atoms with van der Waals surface area (Å²) in [4.78, 5) is 0. The fourth-order valence-corrected chi connectivity index (χ4v) is 2.50. The van der Waals surface area contributed by atoms with Crippen LogP contribution in [-0.2, 0) is 10.2 Å². The van der Waals surface area contributed by atoms with Gasteiger partial charge in [0.05, 0.1) is 17.0 Å². The molecule has 1 aromatic heterocycles. The van der Waals surface area contributed by atoms with E-state index in [0.29, 0.717) is 23.4 Å². The van der Waals surface area contributed by atoms with Crippen molar-refractivity contribution in [2.75, 3.05) is 6.61 Å². The number of rotatable bonds is 5. The smallest absolute Gasteiger partial charge is 0.247 e. The first kappa shape index (κ1) is 15.9. The zero-order chi connectivity index (χ0) is 16.0. The summed E-state index contributed by atoms with van der Waals surface area (Å²) in [7, 11) is 0. The van der Waals surface area contributed by atoms with Crippen molar-refractivity contribution in [1.82, 2.24) is 10.2 Å². The van der Waals surface area contributed by atoms with Crippen LogP contribution in [0.15, 0.2) is 27.1 Å². The molecule has 0 aliphatic heterocycles. The number of aromatic nitrogens is 2. The topological polar surface area (TPSA) is 68.4 Å². The summed E-state index contributed by atoms with van der Waals surface area (Å²) in [6.07, 6.45) is 1.82. The number of benzene rings is 1. The molecule has 22 heavy (non-hydrogen) atoms. The molecule has 5 nitrogen and oxygen atoms in total. The Bertz CT molecular complexity index is 692. The monoisotopic (exact) mass is 386 g/mol. The molecule has 0 bridgehead atoms. The van der Waals surface area contributed by atoms with E-state index in [1.807, 2.05) is 12.1 Å². The summed E-state index contributed by atoms with van der Waals surface area (Å²) in [5.74, 6) is -0.192. The predicted molar refractivity (Wildman–Crippen MR) is 85.6 cm³/mol. The van der Waals surface area contributed by atoms with Crippen molar-refractivity contribution in [2.45, 2.75) is 37.9 Å². The lowest BCUT2D eigenvalue weighted by Crippen LogP contribution is -2.29. The van der Waals surface area contributed by atoms with Gasteiger partial charge in [-0.15, -0.1) is 10.2 Å². The van der Waals surface area contributed by atoms with E-state index >= 15 is 0 Å². The van der Waals surface area contributed by atoms with Gasteiger partial charge in [0.1, 0.15) is 0 Å². The Morgan fingerprint density at radius 2 is 2.14 bits per heavy atom. The fraction of sp³-hybridized carbons (Fsp3) is 0.467. The Balaban J connectivity index is 1.80. The molecule has 3 rings (SSSR count). The summed E-state index contributed by atoms with van der Waals surface area (Å²) in [6, 6.07) is 5.47. The quantitative estimate of drug-likeness (QED) is 0.787. The number of nitrogens with zero attached hydrogens (tertiary/aromatic N) is 2. The van der Waals surface area contributed by atoms with Gasteiger partial charge in [-0.3, -0.25) is 0 Å². The summed E-state index contributed by atoms with van der Waals surface area (Å²) < 4.78 is 12.1. The maximum atomic E-state index is 9.69. The Morgan fingerprint density at radius 1 is 1.41 bits per heavy atom. The Labute approximate surface area is 141 Å². The first-order valence-electron chi connectivity index (χ1n) is 6.95. The van der Waals surface area contributed by atoms with Gasteiger partial charge in [-0.25, -0.2) is 0 Å². The molecule has 118 valence electrons. The van der Waals surface area contributed by atoms with Gasteiger partial charge in [0.25, 0.3) is 0 Å². The molecule has 1 N–H and O–H groups in total. The third kappa shape index (κ3) is 3.35. The van der Waals surface area contributed by atoms with E-state index in [2.05, 4.69) is 26.1 Å². The minimum Gasteiger partial charge on any atom is -0.420 e. The number of hydrogen-bond donors (Lipinski definition) is 1. The zero-order valence-corrected chi connectivity index (χ0v) is 14.6. The number of hydrogen-bond acceptors (Lipinski definition) is 5. The zero-order valence-electron chi connectivity index (χ0n) is 12.3. The van der Waals surface area contributed by atoms with E-state index in [-0.39, 0.29) is 5.41 Å². The highest BCUT2D eigenvalue weighted by molar-refractivity contribution is 9.10. The lowest BCUT2D eigenvalue weighted by molar-refractivity contribution is -0.181. The van der Waals surface area contributed by atoms with Crippen LogP contribution in [0.5, 0.6) is 0 Å². The van der Waals surface area contributed by atoms with Crippen LogP contribution in [0, 0.1) is 0 Å². The van der Waals surface area contributed by atoms with Gasteiger partial charge in [-0.05, 0) is 60.8 Å². The second-order valence-corrected chi connectivity index (χ2v) is 7.32. The van der Waals surface area contributed by atoms with Crippen LogP contribution >= 0.6 is 27.5 Å². The molecule has 0 radical (unpaired) electrons. The van der Waals surface area contributed by atoms with Crippen molar-refractivity contribution < 1.29 is 14.3 Å². The first-order valence-corrected chi connectivity index (χ1v) is 8.12. The van der Waals surface area contributed by atoms with Gasteiger partial charge in [-0.2, -0.15) is 0 Å². The van der Waals surface area contributed by atoms with E-state index in [4.69, 9.17) is 20.8 Å². The molecule has 7 heteroatoms. The highest BCUT2D eigenvalue weighted by Crippen LogP contribution is 2.48. The Hall–Kier alpha value is -0.950. The maximum absolute atomic E-state index is 9.69. The highest BCUT2D eigenvalue weighted by atomic mass is 79.9. The third-order valence-electron chi connectivity index (χ3n) is 3.60. The van der Waals surface area contributed by atoms with Crippen LogP contribution in [0.3, 0.4) is 0 Å². The molecule has 0 unspecified atom stereocenters. The van der Waals surface area contributed by atoms with Crippen molar-refractivity contribution in [3.05, 3.63) is 33.6 Å². The van der Waals surface area contributed by atoms with Gasteiger partial charge in [-0.1, -0.05) is 11.6 Å². The van der Waals surface area contributed by atoms with Crippen LogP contribution in [0.25, 0.3) is 11.5 Å². The van der Waals surface area contributed by atoms with Crippen LogP contribution in [-0.4, -0.2) is 27.7 Å². The molecule has 1 fully saturated rings. The number of halogens is 2. The average Bonchev–Trinajstić information content (AvgIpc) is 3.08. The Kier molecular flexibility index (Phi) is 4.05. The van der Waals surface area contributed by atoms with Crippen LogP contribution in [0.2, 0.25) is 5.02 Å². The molecule has 1 aliphatic carbocycles. The van der Waals surface area contributed by atoms with Gasteiger partial charge in [0.2, 0.25) is 11.8 Å². The second kappa shape index (κ2) is 5.60. The number of ether oxygens (including phenoxy) is 1. The fourth-order valence-electron chi connectivity index (χ4n) is 2.07. The van der Waals surface area contributed by atoms with E-state index in [1.165, 1.54) is 0 Å². The lowest BCUT2D eigenvalue weighted by atomic mass is 10.1. The van der Waals surface area contributed by atoms with Crippen molar-refractivity contribution in [1.29, 1.82) is 0 Å². The van der Waals surface area contributed by atoms with Crippen LogP contribution < -0.4 is 0 Å². The van der Waals surface area contributed by atoms with E-state index < -0.39 is 5.79 Å². The van der Waals surface area contributed by atoms with Crippen molar-refractivity contribution in [3.8, 4) is 11.5 Å². The number of aliphatic hydroxyl groups is 1. The molecule has 1 heterocycles. The molecule has 1 aliphatic rings. The van der Waals surface area contributed by atoms with Gasteiger partial charge >= 0.3 is 0 Å². The lowest BCUT2D eigenvalue weighted by Gasteiger charge is -2.21. The third-order valence-corrected chi connectivity index (χ3v) is 4.83. The normalized spacial score (nSPS) is 16.8. The van der Waals surface area contributed by atoms with E-state index in [0.717, 1.165) is 22.9 Å². The minimum atomic E-state index is -1.17. The highest BCUT2D eigenvalue weighted by Gasteiger charge is 2.50. The molecule has 0 atom stereocenters. The second-order valence-electron chi connectivity index (χ2n) is 6.06. The van der Waals surface area contributed by atoms with Gasteiger partial charge < -0.3 is 14.3 Å². The average molecular weight is 388 g/mol. The molecule has 2 aromatic rings. The molecular weight excluding hydrogens is 372 g/mol. The van der Waals surface area contributed by atoms with Crippen LogP contribution in [0.1, 0.15) is 32.6 Å². The molecule has 0 amide bonds. The SMILES string of the molecule is CC(C)(O)OCC1(c2nnc(-c3ccc(Br)c(Cl)c3)o2)CC1. The summed E-state index contributed by atoms with van der Waals surface area (Å²) in [5, 5.41) is 18.5. The first-order chi connectivity index (χ1) is 10.3. The summed E-state index contributed by atoms with van der Waals surface area (Å²) >= 11 is 9.44. The Morgan fingerprint density at radius 3 is 2.73 bits per heavy atom. The van der Waals surface area contributed by atoms with Crippen LogP contribution in [0.4, 0.5) is 0 Å². The molecular formula is C15H16BrClN2O3.